The third kappa shape index (κ3) is 2.90. The lowest BCUT2D eigenvalue weighted by atomic mass is 9.96. The molecule has 8 heteroatoms. The van der Waals surface area contributed by atoms with Gasteiger partial charge in [0.15, 0.2) is 11.5 Å². The third-order valence-electron chi connectivity index (χ3n) is 4.43. The fourth-order valence-corrected chi connectivity index (χ4v) is 2.99. The summed E-state index contributed by atoms with van der Waals surface area (Å²) in [5.41, 5.74) is 6.75. The number of fused-ring (bicyclic) bond motifs is 1. The molecule has 0 unspecified atom stereocenters. The minimum absolute atomic E-state index is 0.0776. The number of piperidine rings is 1. The van der Waals surface area contributed by atoms with Crippen LogP contribution in [0.25, 0.3) is 10.9 Å². The number of ether oxygens (including phenoxy) is 2. The summed E-state index contributed by atoms with van der Waals surface area (Å²) in [5.74, 6) is 1.75. The second kappa shape index (κ2) is 6.66. The van der Waals surface area contributed by atoms with E-state index in [1.54, 1.807) is 26.4 Å². The summed E-state index contributed by atoms with van der Waals surface area (Å²) in [7, 11) is 3.12. The van der Waals surface area contributed by atoms with Gasteiger partial charge in [-0.25, -0.2) is 4.98 Å². The van der Waals surface area contributed by atoms with Crippen LogP contribution in [0.5, 0.6) is 11.5 Å². The maximum Gasteiger partial charge on any atom is 0.227 e. The predicted molar refractivity (Wildman–Crippen MR) is 90.5 cm³/mol. The first kappa shape index (κ1) is 16.5. The van der Waals surface area contributed by atoms with Crippen molar-refractivity contribution in [3.05, 3.63) is 12.1 Å². The van der Waals surface area contributed by atoms with Crippen LogP contribution >= 0.6 is 0 Å². The smallest absolute Gasteiger partial charge is 0.227 e. The molecule has 1 aromatic carbocycles. The van der Waals surface area contributed by atoms with E-state index in [0.29, 0.717) is 53.7 Å². The van der Waals surface area contributed by atoms with Gasteiger partial charge in [0.2, 0.25) is 5.95 Å². The van der Waals surface area contributed by atoms with Crippen LogP contribution in [0.1, 0.15) is 6.42 Å². The number of aliphatic hydroxyl groups is 2. The molecule has 0 radical (unpaired) electrons. The van der Waals surface area contributed by atoms with E-state index in [4.69, 9.17) is 15.2 Å². The Hall–Kier alpha value is -2.32. The van der Waals surface area contributed by atoms with Gasteiger partial charge >= 0.3 is 0 Å². The third-order valence-corrected chi connectivity index (χ3v) is 4.43. The molecule has 0 bridgehead atoms. The first-order valence-corrected chi connectivity index (χ1v) is 7.80. The molecule has 1 aliphatic rings. The van der Waals surface area contributed by atoms with Crippen molar-refractivity contribution >= 4 is 22.7 Å². The lowest BCUT2D eigenvalue weighted by Crippen LogP contribution is -2.45. The maximum absolute atomic E-state index is 9.90. The Labute approximate surface area is 139 Å². The van der Waals surface area contributed by atoms with Crippen molar-refractivity contribution in [1.82, 2.24) is 9.97 Å². The Morgan fingerprint density at radius 2 is 1.96 bits per heavy atom. The van der Waals surface area contributed by atoms with E-state index >= 15 is 0 Å². The Bertz CT molecular complexity index is 740. The van der Waals surface area contributed by atoms with Gasteiger partial charge < -0.3 is 30.3 Å². The summed E-state index contributed by atoms with van der Waals surface area (Å²) in [6.07, 6.45) is 0.0479. The van der Waals surface area contributed by atoms with Crippen LogP contribution in [0.2, 0.25) is 0 Å². The zero-order chi connectivity index (χ0) is 17.3. The van der Waals surface area contributed by atoms with Gasteiger partial charge in [-0.15, -0.1) is 0 Å². The molecule has 1 aromatic heterocycles. The number of nitrogens with two attached hydrogens (primary N) is 1. The Balaban J connectivity index is 2.01. The highest BCUT2D eigenvalue weighted by Gasteiger charge is 2.29. The van der Waals surface area contributed by atoms with Gasteiger partial charge in [-0.1, -0.05) is 0 Å². The van der Waals surface area contributed by atoms with Crippen LogP contribution in [0.15, 0.2) is 12.1 Å². The second-order valence-corrected chi connectivity index (χ2v) is 5.88. The Morgan fingerprint density at radius 1 is 1.25 bits per heavy atom. The average molecular weight is 334 g/mol. The lowest BCUT2D eigenvalue weighted by Gasteiger charge is -2.35. The zero-order valence-electron chi connectivity index (χ0n) is 13.8. The number of methoxy groups -OCH3 is 2. The highest BCUT2D eigenvalue weighted by atomic mass is 16.5. The molecule has 0 aliphatic carbocycles. The molecule has 2 aromatic rings. The lowest BCUT2D eigenvalue weighted by molar-refractivity contribution is 0.0522. The van der Waals surface area contributed by atoms with E-state index in [-0.39, 0.29) is 12.5 Å². The van der Waals surface area contributed by atoms with Crippen LogP contribution in [-0.4, -0.2) is 60.2 Å². The zero-order valence-corrected chi connectivity index (χ0v) is 13.8. The van der Waals surface area contributed by atoms with Crippen molar-refractivity contribution < 1.29 is 19.7 Å². The number of hydrogen-bond donors (Lipinski definition) is 3. The van der Waals surface area contributed by atoms with Gasteiger partial charge in [-0.3, -0.25) is 0 Å². The van der Waals surface area contributed by atoms with Crippen LogP contribution < -0.4 is 20.1 Å². The Kier molecular flexibility index (Phi) is 4.59. The Morgan fingerprint density at radius 3 is 2.62 bits per heavy atom. The van der Waals surface area contributed by atoms with E-state index in [0.717, 1.165) is 0 Å². The van der Waals surface area contributed by atoms with Gasteiger partial charge in [-0.2, -0.15) is 4.98 Å². The summed E-state index contributed by atoms with van der Waals surface area (Å²) in [5, 5.41) is 20.0. The fourth-order valence-electron chi connectivity index (χ4n) is 2.99. The summed E-state index contributed by atoms with van der Waals surface area (Å²) in [6, 6.07) is 3.52. The van der Waals surface area contributed by atoms with Crippen molar-refractivity contribution in [2.75, 3.05) is 44.5 Å². The number of nitrogens with zero attached hydrogens (tertiary/aromatic N) is 3. The summed E-state index contributed by atoms with van der Waals surface area (Å²) in [6.45, 7) is 1.01. The van der Waals surface area contributed by atoms with E-state index in [2.05, 4.69) is 9.97 Å². The molecule has 0 saturated carbocycles. The molecule has 4 N–H and O–H groups in total. The normalized spacial score (nSPS) is 21.1. The average Bonchev–Trinajstić information content (AvgIpc) is 2.60. The molecule has 0 spiro atoms. The predicted octanol–water partition coefficient (Wildman–Crippen LogP) is 0.409. The first-order chi connectivity index (χ1) is 11.6. The number of rotatable bonds is 4. The highest BCUT2D eigenvalue weighted by molar-refractivity contribution is 5.91. The van der Waals surface area contributed by atoms with Gasteiger partial charge in [0.1, 0.15) is 5.82 Å². The summed E-state index contributed by atoms with van der Waals surface area (Å²) < 4.78 is 10.6. The number of benzene rings is 1. The van der Waals surface area contributed by atoms with E-state index in [1.807, 2.05) is 4.90 Å². The SMILES string of the molecule is COc1cc2nc(N3CC[C@H](O)[C@H](CO)C3)nc(N)c2cc1OC. The molecule has 8 nitrogen and oxygen atoms in total. The van der Waals surface area contributed by atoms with E-state index in [1.165, 1.54) is 0 Å². The van der Waals surface area contributed by atoms with Crippen LogP contribution in [0, 0.1) is 5.92 Å². The van der Waals surface area contributed by atoms with E-state index < -0.39 is 6.10 Å². The molecule has 1 aliphatic heterocycles. The molecule has 1 saturated heterocycles. The van der Waals surface area contributed by atoms with Gasteiger partial charge in [0.05, 0.1) is 32.4 Å². The molecule has 3 rings (SSSR count). The quantitative estimate of drug-likeness (QED) is 0.736. The first-order valence-electron chi connectivity index (χ1n) is 7.80. The van der Waals surface area contributed by atoms with Gasteiger partial charge in [0, 0.05) is 30.5 Å². The van der Waals surface area contributed by atoms with E-state index in [9.17, 15) is 10.2 Å². The number of hydrogen-bond acceptors (Lipinski definition) is 8. The molecular weight excluding hydrogens is 312 g/mol. The molecule has 0 amide bonds. The minimum Gasteiger partial charge on any atom is -0.493 e. The topological polar surface area (TPSA) is 114 Å². The minimum atomic E-state index is -0.506. The molecule has 2 heterocycles. The van der Waals surface area contributed by atoms with Crippen molar-refractivity contribution in [2.45, 2.75) is 12.5 Å². The largest absolute Gasteiger partial charge is 0.493 e. The van der Waals surface area contributed by atoms with Crippen molar-refractivity contribution in [3.63, 3.8) is 0 Å². The summed E-state index contributed by atoms with van der Waals surface area (Å²) in [4.78, 5) is 10.9. The maximum atomic E-state index is 9.90. The second-order valence-electron chi connectivity index (χ2n) is 5.88. The van der Waals surface area contributed by atoms with Crippen LogP contribution in [-0.2, 0) is 0 Å². The van der Waals surface area contributed by atoms with Crippen molar-refractivity contribution in [3.8, 4) is 11.5 Å². The van der Waals surface area contributed by atoms with Gasteiger partial charge in [0.25, 0.3) is 0 Å². The number of anilines is 2. The number of nitrogen functional groups attached to an aromatic ring is 1. The number of aliphatic hydroxyl groups excluding tert-OH is 2. The van der Waals surface area contributed by atoms with Crippen molar-refractivity contribution in [1.29, 1.82) is 0 Å². The van der Waals surface area contributed by atoms with Crippen molar-refractivity contribution in [2.24, 2.45) is 5.92 Å². The molecular formula is C16H22N4O4. The van der Waals surface area contributed by atoms with Crippen LogP contribution in [0.4, 0.5) is 11.8 Å². The van der Waals surface area contributed by atoms with Gasteiger partial charge in [-0.05, 0) is 12.5 Å². The number of aromatic nitrogens is 2. The molecule has 1 fully saturated rings. The molecule has 24 heavy (non-hydrogen) atoms. The highest BCUT2D eigenvalue weighted by Crippen LogP contribution is 2.34. The molecule has 130 valence electrons. The fraction of sp³-hybridized carbons (Fsp3) is 0.500. The monoisotopic (exact) mass is 334 g/mol. The standard InChI is InChI=1S/C16H22N4O4/c1-23-13-5-10-11(6-14(13)24-2)18-16(19-15(10)17)20-4-3-12(22)9(7-20)8-21/h5-6,9,12,21-22H,3-4,7-8H2,1-2H3,(H2,17,18,19)/t9-,12-/m0/s1. The van der Waals surface area contributed by atoms with Crippen LogP contribution in [0.3, 0.4) is 0 Å². The summed E-state index contributed by atoms with van der Waals surface area (Å²) >= 11 is 0. The molecule has 2 atom stereocenters.